The van der Waals surface area contributed by atoms with Gasteiger partial charge in [-0.1, -0.05) is 0 Å². The fourth-order valence-corrected chi connectivity index (χ4v) is 2.55. The lowest BCUT2D eigenvalue weighted by Crippen LogP contribution is -2.55. The Hall–Kier alpha value is -0.120. The van der Waals surface area contributed by atoms with Crippen LogP contribution in [0.15, 0.2) is 0 Å². The standard InChI is InChI=1S/C10H21N3/c1-12-4-10(5-12)8-13-6-9(7-13)2-3-11/h9-10H,2-8,11H2,1H3. The molecule has 0 saturated carbocycles. The van der Waals surface area contributed by atoms with E-state index in [1.807, 2.05) is 0 Å². The molecule has 76 valence electrons. The predicted octanol–water partition coefficient (Wildman–Crippen LogP) is -0.171. The third kappa shape index (κ3) is 2.22. The summed E-state index contributed by atoms with van der Waals surface area (Å²) < 4.78 is 0. The Morgan fingerprint density at radius 1 is 1.15 bits per heavy atom. The molecule has 3 heteroatoms. The fraction of sp³-hybridized carbons (Fsp3) is 1.00. The molecule has 0 spiro atoms. The van der Waals surface area contributed by atoms with E-state index >= 15 is 0 Å². The van der Waals surface area contributed by atoms with Gasteiger partial charge in [0.15, 0.2) is 0 Å². The highest BCUT2D eigenvalue weighted by molar-refractivity contribution is 4.86. The Labute approximate surface area is 80.9 Å². The minimum atomic E-state index is 0.866. The van der Waals surface area contributed by atoms with E-state index in [9.17, 15) is 0 Å². The minimum absolute atomic E-state index is 0.866. The molecule has 0 aromatic heterocycles. The van der Waals surface area contributed by atoms with Crippen molar-refractivity contribution in [2.24, 2.45) is 17.6 Å². The molecule has 0 unspecified atom stereocenters. The van der Waals surface area contributed by atoms with Crippen molar-refractivity contribution in [2.45, 2.75) is 6.42 Å². The van der Waals surface area contributed by atoms with E-state index in [4.69, 9.17) is 5.73 Å². The third-order valence-corrected chi connectivity index (χ3v) is 3.26. The molecule has 0 radical (unpaired) electrons. The zero-order valence-corrected chi connectivity index (χ0v) is 8.58. The van der Waals surface area contributed by atoms with Crippen molar-refractivity contribution < 1.29 is 0 Å². The predicted molar refractivity (Wildman–Crippen MR) is 54.6 cm³/mol. The smallest absolute Gasteiger partial charge is 0.00344 e. The molecule has 0 bridgehead atoms. The van der Waals surface area contributed by atoms with Crippen LogP contribution in [-0.2, 0) is 0 Å². The van der Waals surface area contributed by atoms with E-state index in [-0.39, 0.29) is 0 Å². The maximum atomic E-state index is 5.52. The molecule has 2 saturated heterocycles. The molecular weight excluding hydrogens is 162 g/mol. The number of hydrogen-bond donors (Lipinski definition) is 1. The van der Waals surface area contributed by atoms with Crippen LogP contribution < -0.4 is 5.73 Å². The monoisotopic (exact) mass is 183 g/mol. The highest BCUT2D eigenvalue weighted by atomic mass is 15.2. The van der Waals surface area contributed by atoms with E-state index < -0.39 is 0 Å². The Morgan fingerprint density at radius 3 is 2.38 bits per heavy atom. The van der Waals surface area contributed by atoms with Crippen LogP contribution in [0.3, 0.4) is 0 Å². The number of nitrogens with zero attached hydrogens (tertiary/aromatic N) is 2. The van der Waals surface area contributed by atoms with Crippen molar-refractivity contribution in [1.29, 1.82) is 0 Å². The summed E-state index contributed by atoms with van der Waals surface area (Å²) in [5.41, 5.74) is 5.52. The zero-order valence-electron chi connectivity index (χ0n) is 8.58. The Balaban J connectivity index is 1.54. The van der Waals surface area contributed by atoms with Crippen LogP contribution in [0, 0.1) is 11.8 Å². The number of hydrogen-bond acceptors (Lipinski definition) is 3. The molecule has 0 atom stereocenters. The Kier molecular flexibility index (Phi) is 2.86. The van der Waals surface area contributed by atoms with Gasteiger partial charge in [-0.15, -0.1) is 0 Å². The summed E-state index contributed by atoms with van der Waals surface area (Å²) in [7, 11) is 2.20. The Morgan fingerprint density at radius 2 is 1.85 bits per heavy atom. The molecule has 3 nitrogen and oxygen atoms in total. The van der Waals surface area contributed by atoms with E-state index in [2.05, 4.69) is 16.8 Å². The molecule has 2 fully saturated rings. The fourth-order valence-electron chi connectivity index (χ4n) is 2.55. The van der Waals surface area contributed by atoms with Crippen molar-refractivity contribution in [1.82, 2.24) is 9.80 Å². The molecule has 2 aliphatic heterocycles. The molecule has 0 aromatic carbocycles. The molecular formula is C10H21N3. The molecule has 0 aromatic rings. The van der Waals surface area contributed by atoms with Crippen molar-refractivity contribution >= 4 is 0 Å². The summed E-state index contributed by atoms with van der Waals surface area (Å²) in [6, 6.07) is 0. The summed E-state index contributed by atoms with van der Waals surface area (Å²) in [5.74, 6) is 1.85. The first-order chi connectivity index (χ1) is 6.28. The first-order valence-corrected chi connectivity index (χ1v) is 5.39. The van der Waals surface area contributed by atoms with E-state index in [0.29, 0.717) is 0 Å². The van der Waals surface area contributed by atoms with Crippen molar-refractivity contribution in [3.05, 3.63) is 0 Å². The maximum absolute atomic E-state index is 5.52. The first kappa shape index (κ1) is 9.44. The summed E-state index contributed by atoms with van der Waals surface area (Å²) in [6.45, 7) is 7.40. The van der Waals surface area contributed by atoms with Crippen molar-refractivity contribution in [2.75, 3.05) is 46.3 Å². The highest BCUT2D eigenvalue weighted by Gasteiger charge is 2.31. The van der Waals surface area contributed by atoms with Crippen LogP contribution in [0.5, 0.6) is 0 Å². The number of nitrogens with two attached hydrogens (primary N) is 1. The van der Waals surface area contributed by atoms with Crippen LogP contribution in [0.4, 0.5) is 0 Å². The van der Waals surface area contributed by atoms with Gasteiger partial charge in [0.1, 0.15) is 0 Å². The lowest BCUT2D eigenvalue weighted by atomic mass is 9.92. The summed E-state index contributed by atoms with van der Waals surface area (Å²) in [6.07, 6.45) is 1.22. The molecule has 2 rings (SSSR count). The number of rotatable bonds is 4. The van der Waals surface area contributed by atoms with Gasteiger partial charge in [-0.05, 0) is 31.8 Å². The minimum Gasteiger partial charge on any atom is -0.330 e. The van der Waals surface area contributed by atoms with E-state index in [1.165, 1.54) is 39.1 Å². The molecule has 0 aliphatic carbocycles. The van der Waals surface area contributed by atoms with Crippen LogP contribution in [0.2, 0.25) is 0 Å². The zero-order chi connectivity index (χ0) is 9.26. The van der Waals surface area contributed by atoms with Gasteiger partial charge >= 0.3 is 0 Å². The van der Waals surface area contributed by atoms with Gasteiger partial charge in [-0.3, -0.25) is 0 Å². The third-order valence-electron chi connectivity index (χ3n) is 3.26. The average Bonchev–Trinajstić information content (AvgIpc) is 1.97. The SMILES string of the molecule is CN1CC(CN2CC(CCN)C2)C1. The number of likely N-dealkylation sites (tertiary alicyclic amines) is 2. The molecule has 2 heterocycles. The average molecular weight is 183 g/mol. The van der Waals surface area contributed by atoms with Gasteiger partial charge in [0.2, 0.25) is 0 Å². The van der Waals surface area contributed by atoms with Crippen LogP contribution in [0.25, 0.3) is 0 Å². The molecule has 0 amide bonds. The summed E-state index contributed by atoms with van der Waals surface area (Å²) in [4.78, 5) is 4.97. The second-order valence-corrected chi connectivity index (χ2v) is 4.75. The van der Waals surface area contributed by atoms with Crippen molar-refractivity contribution in [3.63, 3.8) is 0 Å². The van der Waals surface area contributed by atoms with Crippen LogP contribution in [-0.4, -0.2) is 56.1 Å². The maximum Gasteiger partial charge on any atom is 0.00344 e. The molecule has 13 heavy (non-hydrogen) atoms. The van der Waals surface area contributed by atoms with Gasteiger partial charge in [0.05, 0.1) is 0 Å². The summed E-state index contributed by atoms with van der Waals surface area (Å²) in [5, 5.41) is 0. The normalized spacial score (nSPS) is 27.2. The van der Waals surface area contributed by atoms with Gasteiger partial charge in [0, 0.05) is 32.7 Å². The second-order valence-electron chi connectivity index (χ2n) is 4.75. The largest absolute Gasteiger partial charge is 0.330 e. The summed E-state index contributed by atoms with van der Waals surface area (Å²) >= 11 is 0. The lowest BCUT2D eigenvalue weighted by Gasteiger charge is -2.45. The van der Waals surface area contributed by atoms with E-state index in [1.54, 1.807) is 0 Å². The second kappa shape index (κ2) is 3.95. The van der Waals surface area contributed by atoms with Gasteiger partial charge in [-0.25, -0.2) is 0 Å². The van der Waals surface area contributed by atoms with Crippen LogP contribution in [0.1, 0.15) is 6.42 Å². The topological polar surface area (TPSA) is 32.5 Å². The quantitative estimate of drug-likeness (QED) is 0.657. The molecule has 2 N–H and O–H groups in total. The van der Waals surface area contributed by atoms with Crippen LogP contribution >= 0.6 is 0 Å². The van der Waals surface area contributed by atoms with Crippen molar-refractivity contribution in [3.8, 4) is 0 Å². The highest BCUT2D eigenvalue weighted by Crippen LogP contribution is 2.22. The van der Waals surface area contributed by atoms with Gasteiger partial charge < -0.3 is 15.5 Å². The van der Waals surface area contributed by atoms with E-state index in [0.717, 1.165) is 18.4 Å². The first-order valence-electron chi connectivity index (χ1n) is 5.39. The lowest BCUT2D eigenvalue weighted by molar-refractivity contribution is 0.0310. The molecule has 2 aliphatic rings. The van der Waals surface area contributed by atoms with Gasteiger partial charge in [0.25, 0.3) is 0 Å². The van der Waals surface area contributed by atoms with Gasteiger partial charge in [-0.2, -0.15) is 0 Å². The Bertz CT molecular complexity index is 160.